The minimum absolute atomic E-state index is 0.652. The van der Waals surface area contributed by atoms with Gasteiger partial charge in [0.1, 0.15) is 16.5 Å². The van der Waals surface area contributed by atoms with Crippen molar-refractivity contribution in [1.82, 2.24) is 25.4 Å². The van der Waals surface area contributed by atoms with Crippen LogP contribution in [0.15, 0.2) is 27.7 Å². The van der Waals surface area contributed by atoms with E-state index in [0.717, 1.165) is 20.7 Å². The molecule has 0 saturated heterocycles. The number of methoxy groups -OCH3 is 2. The lowest BCUT2D eigenvalue weighted by atomic mass is 10.2. The van der Waals surface area contributed by atoms with Crippen molar-refractivity contribution in [2.45, 2.75) is 15.2 Å². The van der Waals surface area contributed by atoms with Crippen molar-refractivity contribution >= 4 is 34.9 Å². The molecule has 0 aliphatic heterocycles. The molecule has 1 N–H and O–H groups in total. The van der Waals surface area contributed by atoms with Crippen LogP contribution in [0, 0.1) is 0 Å². The van der Waals surface area contributed by atoms with Gasteiger partial charge in [0.2, 0.25) is 5.16 Å². The van der Waals surface area contributed by atoms with Gasteiger partial charge in [-0.05, 0) is 18.4 Å². The summed E-state index contributed by atoms with van der Waals surface area (Å²) in [4.78, 5) is 4.51. The van der Waals surface area contributed by atoms with E-state index in [1.54, 1.807) is 37.3 Å². The topological polar surface area (TPSA) is 85.8 Å². The molecule has 0 bridgehead atoms. The van der Waals surface area contributed by atoms with Crippen LogP contribution in [0.25, 0.3) is 11.4 Å². The van der Waals surface area contributed by atoms with Crippen molar-refractivity contribution in [3.8, 4) is 22.9 Å². The summed E-state index contributed by atoms with van der Waals surface area (Å²) in [6, 6.07) is 5.57. The van der Waals surface area contributed by atoms with Crippen molar-refractivity contribution in [2.75, 3.05) is 20.5 Å². The van der Waals surface area contributed by atoms with Crippen molar-refractivity contribution in [1.29, 1.82) is 0 Å². The van der Waals surface area contributed by atoms with Crippen LogP contribution >= 0.6 is 34.9 Å². The number of hydrogen-bond donors (Lipinski definition) is 1. The second kappa shape index (κ2) is 7.86. The van der Waals surface area contributed by atoms with E-state index in [9.17, 15) is 0 Å². The molecular weight excluding hydrogens is 366 g/mol. The van der Waals surface area contributed by atoms with Gasteiger partial charge in [-0.25, -0.2) is 4.98 Å². The first-order chi connectivity index (χ1) is 11.7. The zero-order valence-electron chi connectivity index (χ0n) is 13.3. The van der Waals surface area contributed by atoms with Crippen LogP contribution in [-0.4, -0.2) is 45.9 Å². The molecule has 0 aliphatic rings. The highest BCUT2D eigenvalue weighted by molar-refractivity contribution is 8.00. The van der Waals surface area contributed by atoms with Crippen LogP contribution in [0.5, 0.6) is 11.5 Å². The maximum atomic E-state index is 5.40. The first-order valence-electron chi connectivity index (χ1n) is 6.87. The molecule has 2 heterocycles. The number of thioether (sulfide) groups is 2. The average Bonchev–Trinajstić information content (AvgIpc) is 3.28. The second-order valence-corrected chi connectivity index (χ2v) is 7.55. The smallest absolute Gasteiger partial charge is 0.209 e. The van der Waals surface area contributed by atoms with E-state index in [0.29, 0.717) is 22.5 Å². The normalized spacial score (nSPS) is 10.8. The number of aromatic nitrogens is 5. The Morgan fingerprint density at radius 3 is 2.79 bits per heavy atom. The van der Waals surface area contributed by atoms with Crippen LogP contribution < -0.4 is 9.47 Å². The molecule has 0 atom stereocenters. The summed E-state index contributed by atoms with van der Waals surface area (Å²) in [6.07, 6.45) is 1.99. The molecule has 0 radical (unpaired) electrons. The third-order valence-electron chi connectivity index (χ3n) is 3.08. The van der Waals surface area contributed by atoms with Crippen molar-refractivity contribution in [2.24, 2.45) is 0 Å². The number of aromatic amines is 1. The standard InChI is InChI=1S/C14H15N5O2S3/c1-20-8-4-5-9(10(6-8)21-2)12-15-13(18-17-12)23-7-11-16-19-14(22-3)24-11/h4-6H,7H2,1-3H3,(H,15,17,18). The highest BCUT2D eigenvalue weighted by Gasteiger charge is 2.13. The van der Waals surface area contributed by atoms with Gasteiger partial charge in [0.15, 0.2) is 10.2 Å². The minimum Gasteiger partial charge on any atom is -0.497 e. The number of rotatable bonds is 7. The highest BCUT2D eigenvalue weighted by atomic mass is 32.2. The van der Waals surface area contributed by atoms with Crippen molar-refractivity contribution < 1.29 is 9.47 Å². The molecule has 3 rings (SSSR count). The van der Waals surface area contributed by atoms with E-state index in [2.05, 4.69) is 25.4 Å². The summed E-state index contributed by atoms with van der Waals surface area (Å²) in [6.45, 7) is 0. The van der Waals surface area contributed by atoms with Gasteiger partial charge >= 0.3 is 0 Å². The Bertz CT molecular complexity index is 820. The van der Waals surface area contributed by atoms with Crippen LogP contribution in [0.4, 0.5) is 0 Å². The van der Waals surface area contributed by atoms with Gasteiger partial charge in [-0.3, -0.25) is 5.10 Å². The number of benzene rings is 1. The Morgan fingerprint density at radius 1 is 1.21 bits per heavy atom. The molecule has 0 spiro atoms. The molecule has 126 valence electrons. The van der Waals surface area contributed by atoms with E-state index in [4.69, 9.17) is 9.47 Å². The molecule has 10 heteroatoms. The van der Waals surface area contributed by atoms with Crippen LogP contribution in [-0.2, 0) is 5.75 Å². The summed E-state index contributed by atoms with van der Waals surface area (Å²) in [5.74, 6) is 2.75. The first-order valence-corrected chi connectivity index (χ1v) is 9.90. The van der Waals surface area contributed by atoms with E-state index < -0.39 is 0 Å². The number of ether oxygens (including phenoxy) is 2. The van der Waals surface area contributed by atoms with Gasteiger partial charge in [-0.15, -0.1) is 15.3 Å². The molecule has 1 aromatic carbocycles. The fourth-order valence-corrected chi connectivity index (χ4v) is 4.03. The summed E-state index contributed by atoms with van der Waals surface area (Å²) in [7, 11) is 3.23. The van der Waals surface area contributed by atoms with Crippen molar-refractivity contribution in [3.05, 3.63) is 23.2 Å². The van der Waals surface area contributed by atoms with E-state index in [-0.39, 0.29) is 0 Å². The van der Waals surface area contributed by atoms with E-state index in [1.165, 1.54) is 11.8 Å². The number of hydrogen-bond acceptors (Lipinski definition) is 9. The van der Waals surface area contributed by atoms with E-state index >= 15 is 0 Å². The Balaban J connectivity index is 1.73. The fraction of sp³-hybridized carbons (Fsp3) is 0.286. The predicted molar refractivity (Wildman–Crippen MR) is 96.2 cm³/mol. The average molecular weight is 382 g/mol. The largest absolute Gasteiger partial charge is 0.497 e. The SMILES string of the molecule is COc1ccc(-c2nc(SCc3nnc(SC)s3)n[nH]2)c(OC)c1. The molecule has 0 amide bonds. The van der Waals surface area contributed by atoms with Crippen molar-refractivity contribution in [3.63, 3.8) is 0 Å². The fourth-order valence-electron chi connectivity index (χ4n) is 1.93. The maximum absolute atomic E-state index is 5.40. The molecule has 3 aromatic rings. The molecule has 24 heavy (non-hydrogen) atoms. The number of nitrogens with zero attached hydrogens (tertiary/aromatic N) is 4. The third kappa shape index (κ3) is 3.82. The number of H-pyrrole nitrogens is 1. The highest BCUT2D eigenvalue weighted by Crippen LogP contribution is 2.32. The van der Waals surface area contributed by atoms with Gasteiger partial charge in [0, 0.05) is 6.07 Å². The third-order valence-corrected chi connectivity index (χ3v) is 6.02. The molecule has 2 aromatic heterocycles. The molecule has 0 aliphatic carbocycles. The maximum Gasteiger partial charge on any atom is 0.209 e. The van der Waals surface area contributed by atoms with Gasteiger partial charge in [0.25, 0.3) is 0 Å². The number of nitrogens with one attached hydrogen (secondary N) is 1. The zero-order chi connectivity index (χ0) is 16.9. The predicted octanol–water partition coefficient (Wildman–Crippen LogP) is 3.35. The lowest BCUT2D eigenvalue weighted by molar-refractivity contribution is 0.395. The van der Waals surface area contributed by atoms with E-state index in [1.807, 2.05) is 24.5 Å². The van der Waals surface area contributed by atoms with Gasteiger partial charge < -0.3 is 9.47 Å². The Morgan fingerprint density at radius 2 is 2.08 bits per heavy atom. The first kappa shape index (κ1) is 17.1. The Kier molecular flexibility index (Phi) is 5.59. The quantitative estimate of drug-likeness (QED) is 0.624. The lowest BCUT2D eigenvalue weighted by Crippen LogP contribution is -1.91. The molecule has 7 nitrogen and oxygen atoms in total. The monoisotopic (exact) mass is 381 g/mol. The zero-order valence-corrected chi connectivity index (χ0v) is 15.7. The van der Waals surface area contributed by atoms with Gasteiger partial charge in [-0.1, -0.05) is 34.9 Å². The molecule has 0 unspecified atom stereocenters. The summed E-state index contributed by atoms with van der Waals surface area (Å²) in [5, 5.41) is 17.0. The van der Waals surface area contributed by atoms with Crippen LogP contribution in [0.3, 0.4) is 0 Å². The van der Waals surface area contributed by atoms with Crippen LogP contribution in [0.2, 0.25) is 0 Å². The summed E-state index contributed by atoms with van der Waals surface area (Å²) < 4.78 is 11.6. The van der Waals surface area contributed by atoms with Gasteiger partial charge in [0.05, 0.1) is 25.5 Å². The van der Waals surface area contributed by atoms with Gasteiger partial charge in [-0.2, -0.15) is 0 Å². The Hall–Kier alpha value is -1.78. The molecule has 0 saturated carbocycles. The second-order valence-electron chi connectivity index (χ2n) is 4.49. The molecule has 0 fully saturated rings. The molecular formula is C14H15N5O2S3. The Labute approximate surface area is 151 Å². The minimum atomic E-state index is 0.652. The van der Waals surface area contributed by atoms with Crippen LogP contribution in [0.1, 0.15) is 5.01 Å². The summed E-state index contributed by atoms with van der Waals surface area (Å²) in [5.41, 5.74) is 0.832. The lowest BCUT2D eigenvalue weighted by Gasteiger charge is -2.07. The summed E-state index contributed by atoms with van der Waals surface area (Å²) >= 11 is 4.69.